The lowest BCUT2D eigenvalue weighted by molar-refractivity contribution is 0.373. The number of ether oxygens (including phenoxy) is 3. The van der Waals surface area contributed by atoms with Gasteiger partial charge in [-0.05, 0) is 24.3 Å². The minimum Gasteiger partial charge on any atom is -0.496 e. The van der Waals surface area contributed by atoms with Crippen molar-refractivity contribution in [3.05, 3.63) is 36.5 Å². The Balaban J connectivity index is 0.00000320. The van der Waals surface area contributed by atoms with E-state index in [1.165, 1.54) is 33.5 Å². The highest BCUT2D eigenvalue weighted by atomic mass is 35.5. The first-order valence-corrected chi connectivity index (χ1v) is 13.4. The average Bonchev–Trinajstić information content (AvgIpc) is 3.56. The van der Waals surface area contributed by atoms with E-state index in [9.17, 15) is 8.42 Å². The summed E-state index contributed by atoms with van der Waals surface area (Å²) in [5.41, 5.74) is 1.13. The summed E-state index contributed by atoms with van der Waals surface area (Å²) in [4.78, 5) is 6.73. The maximum absolute atomic E-state index is 13.3. The molecule has 2 N–H and O–H groups in total. The van der Waals surface area contributed by atoms with Crippen LogP contribution in [-0.4, -0.2) is 66.1 Å². The van der Waals surface area contributed by atoms with E-state index in [1.807, 2.05) is 6.20 Å². The van der Waals surface area contributed by atoms with E-state index in [-0.39, 0.29) is 34.6 Å². The first-order valence-electron chi connectivity index (χ1n) is 11.1. The van der Waals surface area contributed by atoms with Crippen LogP contribution in [0.25, 0.3) is 21.5 Å². The average molecular weight is 568 g/mol. The molecule has 4 aromatic rings. The third kappa shape index (κ3) is 5.12. The first-order chi connectivity index (χ1) is 17.4. The lowest BCUT2D eigenvalue weighted by Crippen LogP contribution is -2.43. The van der Waals surface area contributed by atoms with Crippen molar-refractivity contribution in [3.8, 4) is 27.8 Å². The summed E-state index contributed by atoms with van der Waals surface area (Å²) in [6.07, 6.45) is 1.86. The predicted molar refractivity (Wildman–Crippen MR) is 144 cm³/mol. The molecule has 14 heteroatoms. The molecule has 2 aromatic carbocycles. The first kappa shape index (κ1) is 26.8. The van der Waals surface area contributed by atoms with Crippen molar-refractivity contribution >= 4 is 55.6 Å². The largest absolute Gasteiger partial charge is 0.496 e. The van der Waals surface area contributed by atoms with Crippen LogP contribution in [0.4, 0.5) is 10.8 Å². The fourth-order valence-electron chi connectivity index (χ4n) is 4.08. The minimum absolute atomic E-state index is 0. The normalized spacial score (nSPS) is 13.8. The molecule has 0 unspecified atom stereocenters. The number of nitrogens with zero attached hydrogens (tertiary/aromatic N) is 3. The monoisotopic (exact) mass is 567 g/mol. The summed E-state index contributed by atoms with van der Waals surface area (Å²) in [6.45, 7) is 3.72. The smallest absolute Gasteiger partial charge is 0.270 e. The van der Waals surface area contributed by atoms with Crippen molar-refractivity contribution in [2.24, 2.45) is 0 Å². The van der Waals surface area contributed by atoms with E-state index < -0.39 is 10.0 Å². The van der Waals surface area contributed by atoms with Gasteiger partial charge in [-0.25, -0.2) is 13.4 Å². The summed E-state index contributed by atoms with van der Waals surface area (Å²) >= 11 is 1.57. The van der Waals surface area contributed by atoms with E-state index in [0.29, 0.717) is 16.7 Å². The Hall–Kier alpha value is -3.26. The fraction of sp³-hybridized carbons (Fsp3) is 0.304. The number of halogens is 1. The number of methoxy groups -OCH3 is 3. The number of rotatable bonds is 8. The second-order valence-electron chi connectivity index (χ2n) is 7.92. The molecule has 1 aliphatic heterocycles. The Morgan fingerprint density at radius 1 is 1.05 bits per heavy atom. The maximum atomic E-state index is 13.3. The Morgan fingerprint density at radius 3 is 2.38 bits per heavy atom. The van der Waals surface area contributed by atoms with Gasteiger partial charge in [0.15, 0.2) is 16.3 Å². The van der Waals surface area contributed by atoms with Crippen molar-refractivity contribution in [1.29, 1.82) is 0 Å². The number of fused-ring (bicyclic) bond motifs is 1. The molecule has 1 aliphatic rings. The van der Waals surface area contributed by atoms with Crippen LogP contribution in [0.15, 0.2) is 45.9 Å². The van der Waals surface area contributed by atoms with Gasteiger partial charge >= 0.3 is 0 Å². The molecule has 0 atom stereocenters. The Bertz CT molecular complexity index is 1480. The molecule has 3 heterocycles. The van der Waals surface area contributed by atoms with Crippen molar-refractivity contribution in [3.63, 3.8) is 0 Å². The highest BCUT2D eigenvalue weighted by Gasteiger charge is 2.28. The maximum Gasteiger partial charge on any atom is 0.270 e. The molecular formula is C23H26ClN5O6S2. The third-order valence-electron chi connectivity index (χ3n) is 5.81. The summed E-state index contributed by atoms with van der Waals surface area (Å²) in [7, 11) is 0.115. The highest BCUT2D eigenvalue weighted by Crippen LogP contribution is 2.41. The van der Waals surface area contributed by atoms with Crippen LogP contribution >= 0.6 is 23.7 Å². The van der Waals surface area contributed by atoms with Gasteiger partial charge in [0.05, 0.1) is 27.5 Å². The van der Waals surface area contributed by atoms with Crippen LogP contribution in [0.3, 0.4) is 0 Å². The summed E-state index contributed by atoms with van der Waals surface area (Å²) in [5, 5.41) is 9.59. The molecule has 2 aromatic heterocycles. The van der Waals surface area contributed by atoms with Crippen LogP contribution in [0, 0.1) is 0 Å². The zero-order chi connectivity index (χ0) is 25.3. The number of piperazine rings is 1. The van der Waals surface area contributed by atoms with E-state index in [2.05, 4.69) is 25.1 Å². The molecule has 1 saturated heterocycles. The zero-order valence-electron chi connectivity index (χ0n) is 20.3. The molecule has 37 heavy (non-hydrogen) atoms. The Kier molecular flexibility index (Phi) is 7.97. The fourth-order valence-corrected chi connectivity index (χ4v) is 6.37. The van der Waals surface area contributed by atoms with Gasteiger partial charge in [0.2, 0.25) is 0 Å². The molecule has 0 aliphatic carbocycles. The minimum atomic E-state index is -4.16. The summed E-state index contributed by atoms with van der Waals surface area (Å²) in [6, 6.07) is 8.27. The Labute approximate surface area is 224 Å². The highest BCUT2D eigenvalue weighted by molar-refractivity contribution is 7.93. The van der Waals surface area contributed by atoms with Crippen LogP contribution in [0.5, 0.6) is 17.2 Å². The number of nitrogens with one attached hydrogen (secondary N) is 2. The van der Waals surface area contributed by atoms with Gasteiger partial charge in [-0.15, -0.1) is 12.4 Å². The lowest BCUT2D eigenvalue weighted by Gasteiger charge is -2.27. The number of aromatic nitrogens is 2. The summed E-state index contributed by atoms with van der Waals surface area (Å²) < 4.78 is 50.8. The molecule has 0 bridgehead atoms. The van der Waals surface area contributed by atoms with E-state index in [4.69, 9.17) is 18.7 Å². The standard InChI is InChI=1S/C23H25N5O6S2.ClH/c1-31-15-5-4-6-16(32-2)21(15)36(29,30)27-22-20-17(33-3)11-14(12-18(20)34-26-22)23-25-13-19(35-23)28-9-7-24-8-10-28;/h4-6,11-13,24H,7-10H2,1-3H3,(H,26,27);1H. The van der Waals surface area contributed by atoms with Crippen LogP contribution in [-0.2, 0) is 10.0 Å². The van der Waals surface area contributed by atoms with Gasteiger partial charge in [-0.2, -0.15) is 0 Å². The quantitative estimate of drug-likeness (QED) is 0.326. The van der Waals surface area contributed by atoms with Crippen molar-refractivity contribution in [2.45, 2.75) is 4.90 Å². The van der Waals surface area contributed by atoms with E-state index in [0.717, 1.165) is 41.8 Å². The predicted octanol–water partition coefficient (Wildman–Crippen LogP) is 3.61. The van der Waals surface area contributed by atoms with Gasteiger partial charge in [-0.3, -0.25) is 4.72 Å². The van der Waals surface area contributed by atoms with Gasteiger partial charge < -0.3 is 29.0 Å². The number of thiazole rings is 1. The van der Waals surface area contributed by atoms with Crippen LogP contribution in [0.1, 0.15) is 0 Å². The Morgan fingerprint density at radius 2 is 1.73 bits per heavy atom. The van der Waals surface area contributed by atoms with E-state index in [1.54, 1.807) is 29.5 Å². The zero-order valence-corrected chi connectivity index (χ0v) is 22.8. The van der Waals surface area contributed by atoms with Gasteiger partial charge in [0, 0.05) is 31.7 Å². The molecule has 0 spiro atoms. The molecule has 0 radical (unpaired) electrons. The molecular weight excluding hydrogens is 542 g/mol. The number of benzene rings is 2. The SMILES string of the molecule is COc1cccc(OC)c1S(=O)(=O)Nc1noc2cc(-c3ncc(N4CCNCC4)s3)cc(OC)c12.Cl. The van der Waals surface area contributed by atoms with Crippen LogP contribution < -0.4 is 29.1 Å². The lowest BCUT2D eigenvalue weighted by atomic mass is 10.1. The number of hydrogen-bond donors (Lipinski definition) is 2. The van der Waals surface area contributed by atoms with Gasteiger partial charge in [0.1, 0.15) is 32.6 Å². The molecule has 0 saturated carbocycles. The summed E-state index contributed by atoms with van der Waals surface area (Å²) in [5.74, 6) is 0.648. The van der Waals surface area contributed by atoms with Crippen molar-refractivity contribution < 1.29 is 27.2 Å². The van der Waals surface area contributed by atoms with Crippen LogP contribution in [0.2, 0.25) is 0 Å². The second kappa shape index (κ2) is 11.0. The molecule has 198 valence electrons. The molecule has 5 rings (SSSR count). The van der Waals surface area contributed by atoms with Gasteiger partial charge in [0.25, 0.3) is 10.0 Å². The molecule has 1 fully saturated rings. The van der Waals surface area contributed by atoms with Crippen molar-refractivity contribution in [2.75, 3.05) is 57.1 Å². The number of sulfonamides is 1. The molecule has 11 nitrogen and oxygen atoms in total. The number of anilines is 2. The molecule has 0 amide bonds. The van der Waals surface area contributed by atoms with Crippen molar-refractivity contribution in [1.82, 2.24) is 15.5 Å². The van der Waals surface area contributed by atoms with E-state index >= 15 is 0 Å². The third-order valence-corrected chi connectivity index (χ3v) is 8.32. The van der Waals surface area contributed by atoms with Gasteiger partial charge in [-0.1, -0.05) is 22.6 Å². The topological polar surface area (TPSA) is 128 Å². The second-order valence-corrected chi connectivity index (χ2v) is 10.5. The number of hydrogen-bond acceptors (Lipinski definition) is 11.